The Morgan fingerprint density at radius 1 is 0.667 bits per heavy atom. The van der Waals surface area contributed by atoms with E-state index in [4.69, 9.17) is 18.5 Å². The Kier molecular flexibility index (Phi) is 35.2. The molecule has 2 unspecified atom stereocenters. The van der Waals surface area contributed by atoms with Crippen LogP contribution in [-0.2, 0) is 37.6 Å². The topological polar surface area (TPSA) is 141 Å². The average Bonchev–Trinajstić information content (AvgIpc) is 3.12. The molecule has 0 aliphatic rings. The fourth-order valence-electron chi connectivity index (χ4n) is 5.99. The third-order valence-corrected chi connectivity index (χ3v) is 10.4. The van der Waals surface area contributed by atoms with Gasteiger partial charge in [-0.25, -0.2) is 4.89 Å². The molecule has 12 heteroatoms. The van der Waals surface area contributed by atoms with Crippen LogP contribution in [0.5, 0.6) is 0 Å². The first-order chi connectivity index (χ1) is 25.9. The van der Waals surface area contributed by atoms with E-state index in [0.717, 1.165) is 64.2 Å². The standard InChI is InChI=1S/C42H82NO10P/c1-6-8-10-12-14-15-16-17-18-19-21-25-29-33-41(44)49-37-40(38-51-54(47,48)50-36-35-43(3,4)5)52-42(45)34-30-26-22-24-28-32-39(53-46)31-27-23-20-13-11-9-7-2/h27,31,39-40H,6-26,28-30,32-38H2,1-5H3,(H-,46,47,48)/b31-27+/t39?,40-/m1/s1. The number of likely N-dealkylation sites (N-methyl/N-ethyl adjacent to an activating group) is 1. The minimum Gasteiger partial charge on any atom is -0.756 e. The Labute approximate surface area is 330 Å². The van der Waals surface area contributed by atoms with Crippen LogP contribution in [0.4, 0.5) is 0 Å². The number of phosphoric acid groups is 1. The summed E-state index contributed by atoms with van der Waals surface area (Å²) in [6.07, 6.45) is 30.9. The van der Waals surface area contributed by atoms with Gasteiger partial charge in [0, 0.05) is 12.8 Å². The van der Waals surface area contributed by atoms with Crippen molar-refractivity contribution >= 4 is 19.8 Å². The van der Waals surface area contributed by atoms with Crippen molar-refractivity contribution in [3.8, 4) is 0 Å². The van der Waals surface area contributed by atoms with Crippen molar-refractivity contribution in [3.05, 3.63) is 12.2 Å². The molecule has 0 radical (unpaired) electrons. The molecule has 1 N–H and O–H groups in total. The summed E-state index contributed by atoms with van der Waals surface area (Å²) < 4.78 is 33.8. The van der Waals surface area contributed by atoms with E-state index in [0.29, 0.717) is 17.4 Å². The quantitative estimate of drug-likeness (QED) is 0.0121. The number of unbranched alkanes of at least 4 members (excludes halogenated alkanes) is 21. The number of hydrogen-bond acceptors (Lipinski definition) is 10. The van der Waals surface area contributed by atoms with Crippen molar-refractivity contribution in [1.82, 2.24) is 0 Å². The summed E-state index contributed by atoms with van der Waals surface area (Å²) in [5.41, 5.74) is 0. The van der Waals surface area contributed by atoms with E-state index in [1.54, 1.807) is 0 Å². The highest BCUT2D eigenvalue weighted by molar-refractivity contribution is 7.45. The van der Waals surface area contributed by atoms with Gasteiger partial charge in [0.2, 0.25) is 0 Å². The number of nitrogens with zero attached hydrogens (tertiary/aromatic N) is 1. The summed E-state index contributed by atoms with van der Waals surface area (Å²) in [5, 5.41) is 9.23. The predicted molar refractivity (Wildman–Crippen MR) is 216 cm³/mol. The zero-order valence-electron chi connectivity index (χ0n) is 35.2. The van der Waals surface area contributed by atoms with Crippen LogP contribution >= 0.6 is 7.82 Å². The van der Waals surface area contributed by atoms with Crippen molar-refractivity contribution in [2.24, 2.45) is 0 Å². The zero-order chi connectivity index (χ0) is 40.2. The second kappa shape index (κ2) is 36.0. The maximum Gasteiger partial charge on any atom is 0.306 e. The highest BCUT2D eigenvalue weighted by Crippen LogP contribution is 2.38. The molecule has 0 fully saturated rings. The first-order valence-electron chi connectivity index (χ1n) is 21.6. The van der Waals surface area contributed by atoms with Gasteiger partial charge in [0.15, 0.2) is 6.10 Å². The van der Waals surface area contributed by atoms with Crippen LogP contribution in [0.15, 0.2) is 12.2 Å². The van der Waals surface area contributed by atoms with Gasteiger partial charge in [0.25, 0.3) is 7.82 Å². The largest absolute Gasteiger partial charge is 0.756 e. The van der Waals surface area contributed by atoms with Gasteiger partial charge in [-0.15, -0.1) is 0 Å². The number of carbonyl (C=O) groups is 2. The lowest BCUT2D eigenvalue weighted by Crippen LogP contribution is -2.37. The van der Waals surface area contributed by atoms with E-state index in [-0.39, 0.29) is 32.2 Å². The summed E-state index contributed by atoms with van der Waals surface area (Å²) in [5.74, 6) is -0.910. The van der Waals surface area contributed by atoms with Crippen LogP contribution in [0.2, 0.25) is 0 Å². The molecule has 0 rings (SSSR count). The minimum absolute atomic E-state index is 0.0492. The van der Waals surface area contributed by atoms with Gasteiger partial charge >= 0.3 is 11.9 Å². The fourth-order valence-corrected chi connectivity index (χ4v) is 6.72. The fraction of sp³-hybridized carbons (Fsp3) is 0.905. The lowest BCUT2D eigenvalue weighted by atomic mass is 10.0. The summed E-state index contributed by atoms with van der Waals surface area (Å²) in [7, 11) is 1.10. The van der Waals surface area contributed by atoms with E-state index in [1.807, 2.05) is 27.2 Å². The minimum atomic E-state index is -4.65. The monoisotopic (exact) mass is 792 g/mol. The van der Waals surface area contributed by atoms with Crippen LogP contribution in [0, 0.1) is 0 Å². The maximum absolute atomic E-state index is 12.7. The molecule has 0 amide bonds. The molecule has 0 aromatic rings. The molecule has 0 saturated carbocycles. The van der Waals surface area contributed by atoms with Gasteiger partial charge < -0.3 is 27.9 Å². The Morgan fingerprint density at radius 3 is 1.67 bits per heavy atom. The van der Waals surface area contributed by atoms with E-state index < -0.39 is 32.5 Å². The van der Waals surface area contributed by atoms with Crippen molar-refractivity contribution < 1.29 is 52.2 Å². The van der Waals surface area contributed by atoms with Gasteiger partial charge in [-0.1, -0.05) is 154 Å². The summed E-state index contributed by atoms with van der Waals surface area (Å²) in [4.78, 5) is 42.1. The predicted octanol–water partition coefficient (Wildman–Crippen LogP) is 10.6. The Morgan fingerprint density at radius 2 is 1.15 bits per heavy atom. The van der Waals surface area contributed by atoms with E-state index in [9.17, 15) is 24.3 Å². The van der Waals surface area contributed by atoms with E-state index in [2.05, 4.69) is 24.8 Å². The van der Waals surface area contributed by atoms with Crippen LogP contribution in [0.3, 0.4) is 0 Å². The van der Waals surface area contributed by atoms with Crippen molar-refractivity contribution in [2.45, 2.75) is 199 Å². The lowest BCUT2D eigenvalue weighted by molar-refractivity contribution is -0.870. The number of phosphoric ester groups is 1. The second-order valence-electron chi connectivity index (χ2n) is 16.0. The molecule has 0 heterocycles. The van der Waals surface area contributed by atoms with Gasteiger partial charge in [0.05, 0.1) is 27.7 Å². The van der Waals surface area contributed by atoms with Crippen molar-refractivity contribution in [1.29, 1.82) is 0 Å². The Balaban J connectivity index is 4.49. The van der Waals surface area contributed by atoms with Gasteiger partial charge in [-0.3, -0.25) is 19.4 Å². The lowest BCUT2D eigenvalue weighted by Gasteiger charge is -2.28. The molecule has 11 nitrogen and oxygen atoms in total. The zero-order valence-corrected chi connectivity index (χ0v) is 36.1. The highest BCUT2D eigenvalue weighted by atomic mass is 31.2. The molecule has 0 aliphatic carbocycles. The van der Waals surface area contributed by atoms with E-state index in [1.165, 1.54) is 89.9 Å². The Bertz CT molecular complexity index is 958. The van der Waals surface area contributed by atoms with Gasteiger partial charge in [-0.05, 0) is 32.1 Å². The molecule has 0 bridgehead atoms. The van der Waals surface area contributed by atoms with Crippen molar-refractivity contribution in [2.75, 3.05) is 47.5 Å². The number of rotatable bonds is 40. The summed E-state index contributed by atoms with van der Waals surface area (Å²) >= 11 is 0. The Hall–Kier alpha value is -1.33. The molecule has 0 aromatic carbocycles. The van der Waals surface area contributed by atoms with Gasteiger partial charge in [-0.2, -0.15) is 0 Å². The second-order valence-corrected chi connectivity index (χ2v) is 17.4. The number of allylic oxidation sites excluding steroid dienone is 1. The summed E-state index contributed by atoms with van der Waals surface area (Å²) in [6, 6.07) is 0. The molecule has 0 saturated heterocycles. The van der Waals surface area contributed by atoms with Gasteiger partial charge in [0.1, 0.15) is 25.9 Å². The maximum atomic E-state index is 12.7. The van der Waals surface area contributed by atoms with E-state index >= 15 is 0 Å². The number of hydrogen-bond donors (Lipinski definition) is 1. The smallest absolute Gasteiger partial charge is 0.306 e. The molecule has 3 atom stereocenters. The van der Waals surface area contributed by atoms with Crippen molar-refractivity contribution in [3.63, 3.8) is 0 Å². The van der Waals surface area contributed by atoms with Crippen LogP contribution in [-0.4, -0.2) is 81.4 Å². The number of esters is 2. The first kappa shape index (κ1) is 52.7. The number of quaternary nitrogens is 1. The molecule has 320 valence electrons. The molecule has 54 heavy (non-hydrogen) atoms. The number of ether oxygens (including phenoxy) is 2. The SMILES string of the molecule is CCCCCCC/C=C/C(CCCCCCCC(=O)O[C@H](COC(=O)CCCCCCCCCCCCCCC)COP(=O)([O-])OCC[N+](C)(C)C)OO. The molecule has 0 aliphatic heterocycles. The third kappa shape index (κ3) is 37.6. The normalized spacial score (nSPS) is 14.3. The van der Waals surface area contributed by atoms with Crippen LogP contribution < -0.4 is 4.89 Å². The van der Waals surface area contributed by atoms with Crippen LogP contribution in [0.1, 0.15) is 187 Å². The average molecular weight is 792 g/mol. The molecular formula is C42H82NO10P. The van der Waals surface area contributed by atoms with Crippen LogP contribution in [0.25, 0.3) is 0 Å². The third-order valence-electron chi connectivity index (χ3n) is 9.47. The number of carbonyl (C=O) groups excluding carboxylic acids is 2. The highest BCUT2D eigenvalue weighted by Gasteiger charge is 2.21. The first-order valence-corrected chi connectivity index (χ1v) is 23.1. The molecule has 0 spiro atoms. The molecule has 0 aromatic heterocycles. The molecular weight excluding hydrogens is 709 g/mol. The summed E-state index contributed by atoms with van der Waals surface area (Å²) in [6.45, 7) is 4.07.